The summed E-state index contributed by atoms with van der Waals surface area (Å²) < 4.78 is 0. The predicted octanol–water partition coefficient (Wildman–Crippen LogP) is 0.444. The highest BCUT2D eigenvalue weighted by Gasteiger charge is 2.05. The van der Waals surface area contributed by atoms with Gasteiger partial charge in [0, 0.05) is 5.71 Å². The number of carbonyl (C=O) groups is 1. The van der Waals surface area contributed by atoms with Crippen molar-refractivity contribution in [3.05, 3.63) is 4.91 Å². The summed E-state index contributed by atoms with van der Waals surface area (Å²) in [5.74, 6) is 0. The van der Waals surface area contributed by atoms with Crippen molar-refractivity contribution in [3.8, 4) is 0 Å². The molecule has 0 aliphatic rings. The van der Waals surface area contributed by atoms with Crippen LogP contribution in [0.2, 0.25) is 0 Å². The lowest BCUT2D eigenvalue weighted by Gasteiger charge is -2.01. The van der Waals surface area contributed by atoms with Crippen LogP contribution in [0.5, 0.6) is 0 Å². The number of nitrogens with zero attached hydrogens (tertiary/aromatic N) is 3. The fourth-order valence-electron chi connectivity index (χ4n) is 0.297. The van der Waals surface area contributed by atoms with Crippen molar-refractivity contribution in [2.24, 2.45) is 16.1 Å². The fourth-order valence-corrected chi connectivity index (χ4v) is 0.297. The van der Waals surface area contributed by atoms with E-state index in [1.54, 1.807) is 13.8 Å². The SMILES string of the molecule is CC(C)=NN(N=O)C(N)=O. The second-order valence-electron chi connectivity index (χ2n) is 1.76. The molecule has 0 atom stereocenters. The van der Waals surface area contributed by atoms with Gasteiger partial charge in [-0.15, -0.1) is 4.91 Å². The molecule has 2 N–H and O–H groups in total. The normalized spacial score (nSPS) is 8.20. The van der Waals surface area contributed by atoms with Crippen molar-refractivity contribution in [3.63, 3.8) is 0 Å². The van der Waals surface area contributed by atoms with Gasteiger partial charge in [-0.3, -0.25) is 0 Å². The molecule has 0 aromatic heterocycles. The minimum atomic E-state index is -0.990. The lowest BCUT2D eigenvalue weighted by Crippen LogP contribution is -2.26. The third-order valence-electron chi connectivity index (χ3n) is 0.569. The van der Waals surface area contributed by atoms with Gasteiger partial charge in [-0.1, -0.05) is 5.12 Å². The fraction of sp³-hybridized carbons (Fsp3) is 0.500. The van der Waals surface area contributed by atoms with Crippen LogP contribution in [0.25, 0.3) is 0 Å². The molecule has 0 rings (SSSR count). The molecule has 0 aliphatic heterocycles. The van der Waals surface area contributed by atoms with Gasteiger partial charge in [0.05, 0.1) is 5.29 Å². The van der Waals surface area contributed by atoms with Gasteiger partial charge in [0.15, 0.2) is 0 Å². The molecule has 10 heavy (non-hydrogen) atoms. The van der Waals surface area contributed by atoms with Gasteiger partial charge in [0.2, 0.25) is 0 Å². The van der Waals surface area contributed by atoms with Gasteiger partial charge in [0.25, 0.3) is 0 Å². The van der Waals surface area contributed by atoms with E-state index < -0.39 is 6.03 Å². The largest absolute Gasteiger partial charge is 0.359 e. The molecular weight excluding hydrogens is 136 g/mol. The van der Waals surface area contributed by atoms with Crippen molar-refractivity contribution < 1.29 is 4.79 Å². The Morgan fingerprint density at radius 2 is 2.00 bits per heavy atom. The molecule has 0 radical (unpaired) electrons. The average Bonchev–Trinajstić information content (AvgIpc) is 1.81. The van der Waals surface area contributed by atoms with Crippen molar-refractivity contribution in [2.45, 2.75) is 13.8 Å². The van der Waals surface area contributed by atoms with Gasteiger partial charge in [-0.05, 0) is 13.8 Å². The van der Waals surface area contributed by atoms with E-state index in [0.29, 0.717) is 5.71 Å². The Labute approximate surface area is 57.6 Å². The zero-order valence-corrected chi connectivity index (χ0v) is 5.74. The number of primary amides is 1. The standard InChI is InChI=1S/C4H8N4O2/c1-3(2)6-8(7-10)4(5)9/h1-2H3,(H2,5,9). The van der Waals surface area contributed by atoms with Crippen LogP contribution in [0.1, 0.15) is 13.8 Å². The number of hydrazone groups is 1. The van der Waals surface area contributed by atoms with E-state index in [4.69, 9.17) is 0 Å². The number of amides is 2. The Hall–Kier alpha value is -1.46. The maximum absolute atomic E-state index is 10.2. The molecular formula is C4H8N4O2. The molecule has 0 spiro atoms. The lowest BCUT2D eigenvalue weighted by atomic mass is 10.5. The molecule has 0 aromatic rings. The monoisotopic (exact) mass is 144 g/mol. The smallest absolute Gasteiger partial charge is 0.348 e. The summed E-state index contributed by atoms with van der Waals surface area (Å²) in [6, 6.07) is -0.990. The zero-order valence-electron chi connectivity index (χ0n) is 5.74. The van der Waals surface area contributed by atoms with E-state index in [-0.39, 0.29) is 5.12 Å². The Morgan fingerprint density at radius 1 is 1.50 bits per heavy atom. The Morgan fingerprint density at radius 3 is 2.10 bits per heavy atom. The van der Waals surface area contributed by atoms with E-state index in [1.807, 2.05) is 0 Å². The van der Waals surface area contributed by atoms with Crippen molar-refractivity contribution in [1.29, 1.82) is 0 Å². The van der Waals surface area contributed by atoms with Crippen LogP contribution in [-0.2, 0) is 0 Å². The van der Waals surface area contributed by atoms with E-state index in [1.165, 1.54) is 0 Å². The van der Waals surface area contributed by atoms with Crippen LogP contribution < -0.4 is 5.73 Å². The molecule has 6 nitrogen and oxygen atoms in total. The number of carbonyl (C=O) groups excluding carboxylic acids is 1. The molecule has 0 saturated carbocycles. The summed E-state index contributed by atoms with van der Waals surface area (Å²) >= 11 is 0. The summed E-state index contributed by atoms with van der Waals surface area (Å²) in [7, 11) is 0. The van der Waals surface area contributed by atoms with Gasteiger partial charge < -0.3 is 5.73 Å². The summed E-state index contributed by atoms with van der Waals surface area (Å²) in [6.07, 6.45) is 0. The molecule has 2 amide bonds. The van der Waals surface area contributed by atoms with Crippen LogP contribution in [0.15, 0.2) is 10.4 Å². The van der Waals surface area contributed by atoms with Crippen molar-refractivity contribution in [2.75, 3.05) is 0 Å². The van der Waals surface area contributed by atoms with Crippen molar-refractivity contribution in [1.82, 2.24) is 5.12 Å². The Kier molecular flexibility index (Phi) is 3.03. The van der Waals surface area contributed by atoms with Crippen LogP contribution >= 0.6 is 0 Å². The quantitative estimate of drug-likeness (QED) is 0.346. The third-order valence-corrected chi connectivity index (χ3v) is 0.569. The van der Waals surface area contributed by atoms with Crippen LogP contribution in [0.3, 0.4) is 0 Å². The minimum absolute atomic E-state index is 0.287. The number of hydrogen-bond acceptors (Lipinski definition) is 4. The summed E-state index contributed by atoms with van der Waals surface area (Å²) in [5, 5.41) is 5.93. The predicted molar refractivity (Wildman–Crippen MR) is 36.0 cm³/mol. The number of rotatable bonds is 2. The first kappa shape index (κ1) is 8.54. The van der Waals surface area contributed by atoms with Gasteiger partial charge in [-0.25, -0.2) is 4.79 Å². The highest BCUT2D eigenvalue weighted by molar-refractivity contribution is 5.81. The lowest BCUT2D eigenvalue weighted by molar-refractivity contribution is 0.211. The molecule has 0 aliphatic carbocycles. The third kappa shape index (κ3) is 2.75. The number of nitroso groups, excluding NO2 is 1. The number of urea groups is 1. The van der Waals surface area contributed by atoms with Crippen molar-refractivity contribution >= 4 is 11.7 Å². The Bertz CT molecular complexity index is 172. The van der Waals surface area contributed by atoms with E-state index >= 15 is 0 Å². The molecule has 0 saturated heterocycles. The number of nitrogens with two attached hydrogens (primary N) is 1. The Balaban J connectivity index is 4.23. The first-order valence-corrected chi connectivity index (χ1v) is 2.52. The molecule has 0 unspecified atom stereocenters. The second-order valence-corrected chi connectivity index (χ2v) is 1.76. The summed E-state index contributed by atoms with van der Waals surface area (Å²) in [5.41, 5.74) is 5.21. The maximum atomic E-state index is 10.2. The topological polar surface area (TPSA) is 88.1 Å². The highest BCUT2D eigenvalue weighted by Crippen LogP contribution is 1.89. The molecule has 0 bridgehead atoms. The maximum Gasteiger partial charge on any atom is 0.359 e. The summed E-state index contributed by atoms with van der Waals surface area (Å²) in [6.45, 7) is 3.22. The molecule has 6 heteroatoms. The highest BCUT2D eigenvalue weighted by atomic mass is 16.3. The molecule has 0 fully saturated rings. The van der Waals surface area contributed by atoms with Crippen LogP contribution in [-0.4, -0.2) is 16.9 Å². The van der Waals surface area contributed by atoms with Gasteiger partial charge in [0.1, 0.15) is 0 Å². The first-order valence-electron chi connectivity index (χ1n) is 2.52. The van der Waals surface area contributed by atoms with Gasteiger partial charge in [-0.2, -0.15) is 5.10 Å². The van der Waals surface area contributed by atoms with Gasteiger partial charge >= 0.3 is 6.03 Å². The number of hydrogen-bond donors (Lipinski definition) is 1. The van der Waals surface area contributed by atoms with E-state index in [9.17, 15) is 9.70 Å². The first-order chi connectivity index (χ1) is 4.57. The second kappa shape index (κ2) is 3.54. The van der Waals surface area contributed by atoms with E-state index in [2.05, 4.69) is 16.1 Å². The molecule has 0 aromatic carbocycles. The zero-order chi connectivity index (χ0) is 8.15. The molecule has 56 valence electrons. The minimum Gasteiger partial charge on any atom is -0.348 e. The summed E-state index contributed by atoms with van der Waals surface area (Å²) in [4.78, 5) is 20.0. The van der Waals surface area contributed by atoms with Crippen LogP contribution in [0.4, 0.5) is 4.79 Å². The average molecular weight is 144 g/mol. The van der Waals surface area contributed by atoms with Crippen LogP contribution in [0, 0.1) is 4.91 Å². The van der Waals surface area contributed by atoms with E-state index in [0.717, 1.165) is 0 Å². The molecule has 0 heterocycles.